The first-order valence-corrected chi connectivity index (χ1v) is 2.67. The molecule has 0 bridgehead atoms. The van der Waals surface area contributed by atoms with Crippen LogP contribution in [0.2, 0.25) is 0 Å². The van der Waals surface area contributed by atoms with Crippen molar-refractivity contribution in [1.29, 1.82) is 0 Å². The van der Waals surface area contributed by atoms with Crippen molar-refractivity contribution in [1.82, 2.24) is 5.32 Å². The lowest BCUT2D eigenvalue weighted by Gasteiger charge is -2.09. The molecule has 0 saturated heterocycles. The minimum absolute atomic E-state index is 0.141. The Morgan fingerprint density at radius 1 is 1.64 bits per heavy atom. The zero-order valence-corrected chi connectivity index (χ0v) is 5.73. The molecule has 6 heteroatoms. The highest BCUT2D eigenvalue weighted by Gasteiger charge is 2.18. The van der Waals surface area contributed by atoms with Crippen LogP contribution in [0.3, 0.4) is 0 Å². The Bertz CT molecular complexity index is 178. The zero-order valence-electron chi connectivity index (χ0n) is 5.73. The van der Waals surface area contributed by atoms with E-state index in [1.54, 1.807) is 5.32 Å². The van der Waals surface area contributed by atoms with Crippen molar-refractivity contribution in [2.24, 2.45) is 0 Å². The van der Waals surface area contributed by atoms with Gasteiger partial charge in [0.05, 0.1) is 0 Å². The number of rotatable bonds is 4. The van der Waals surface area contributed by atoms with Gasteiger partial charge in [0.2, 0.25) is 6.41 Å². The predicted molar refractivity (Wildman–Crippen MR) is 32.4 cm³/mol. The van der Waals surface area contributed by atoms with Crippen LogP contribution in [0.15, 0.2) is 0 Å². The Balaban J connectivity index is 3.99. The van der Waals surface area contributed by atoms with Gasteiger partial charge in [-0.25, -0.2) is 4.79 Å². The van der Waals surface area contributed by atoms with Gasteiger partial charge in [-0.1, -0.05) is 0 Å². The van der Waals surface area contributed by atoms with E-state index < -0.39 is 18.2 Å². The second-order valence-corrected chi connectivity index (χ2v) is 1.61. The highest BCUT2D eigenvalue weighted by molar-refractivity contribution is 5.78. The van der Waals surface area contributed by atoms with Crippen molar-refractivity contribution in [2.45, 2.75) is 13.2 Å². The summed E-state index contributed by atoms with van der Waals surface area (Å²) < 4.78 is 4.17. The van der Waals surface area contributed by atoms with E-state index in [4.69, 9.17) is 5.11 Å². The number of hydrogen-bond donors (Lipinski definition) is 2. The summed E-state index contributed by atoms with van der Waals surface area (Å²) in [4.78, 5) is 30.1. The number of aliphatic carboxylic acids is 1. The van der Waals surface area contributed by atoms with Crippen LogP contribution in [0, 0.1) is 0 Å². The van der Waals surface area contributed by atoms with Gasteiger partial charge in [0, 0.05) is 6.92 Å². The molecule has 11 heavy (non-hydrogen) atoms. The Hall–Kier alpha value is -1.59. The molecule has 0 aromatic rings. The Labute approximate surface area is 62.1 Å². The molecule has 0 aliphatic rings. The molecule has 2 N–H and O–H groups in total. The maximum Gasteiger partial charge on any atom is 0.366 e. The minimum atomic E-state index is -1.59. The molecular weight excluding hydrogens is 154 g/mol. The molecule has 0 fully saturated rings. The summed E-state index contributed by atoms with van der Waals surface area (Å²) in [7, 11) is 0. The number of amides is 1. The lowest BCUT2D eigenvalue weighted by molar-refractivity contribution is -0.165. The lowest BCUT2D eigenvalue weighted by Crippen LogP contribution is -2.39. The molecule has 0 aromatic carbocycles. The first-order chi connectivity index (χ1) is 5.07. The molecule has 0 spiro atoms. The first-order valence-electron chi connectivity index (χ1n) is 2.67. The summed E-state index contributed by atoms with van der Waals surface area (Å²) in [6, 6.07) is 0. The number of carbonyl (C=O) groups excluding carboxylic acids is 2. The normalized spacial score (nSPS) is 11.4. The molecule has 0 aliphatic heterocycles. The average Bonchev–Trinajstić information content (AvgIpc) is 1.86. The van der Waals surface area contributed by atoms with Crippen LogP contribution in [-0.4, -0.2) is 29.7 Å². The van der Waals surface area contributed by atoms with E-state index in [9.17, 15) is 14.4 Å². The number of carboxylic acids is 1. The lowest BCUT2D eigenvalue weighted by atomic mass is 10.6. The van der Waals surface area contributed by atoms with Gasteiger partial charge < -0.3 is 15.2 Å². The molecule has 1 amide bonds. The molecule has 1 atom stereocenters. The molecule has 0 rings (SSSR count). The first kappa shape index (κ1) is 9.41. The predicted octanol–water partition coefficient (Wildman–Crippen LogP) is -1.29. The number of carbonyl (C=O) groups is 3. The van der Waals surface area contributed by atoms with Crippen LogP contribution in [0.5, 0.6) is 0 Å². The summed E-state index contributed by atoms with van der Waals surface area (Å²) >= 11 is 0. The molecular formula is C5H7NO5. The Kier molecular flexibility index (Phi) is 3.65. The molecule has 62 valence electrons. The summed E-state index contributed by atoms with van der Waals surface area (Å²) in [5, 5.41) is 10.0. The van der Waals surface area contributed by atoms with Gasteiger partial charge in [0.15, 0.2) is 0 Å². The number of ether oxygens (including phenoxy) is 1. The highest BCUT2D eigenvalue weighted by Crippen LogP contribution is 1.86. The fraction of sp³-hybridized carbons (Fsp3) is 0.400. The number of nitrogens with one attached hydrogen (secondary N) is 1. The van der Waals surface area contributed by atoms with Crippen molar-refractivity contribution >= 4 is 18.3 Å². The van der Waals surface area contributed by atoms with E-state index in [-0.39, 0.29) is 6.41 Å². The Morgan fingerprint density at radius 2 is 2.18 bits per heavy atom. The second-order valence-electron chi connectivity index (χ2n) is 1.61. The van der Waals surface area contributed by atoms with Crippen molar-refractivity contribution in [2.75, 3.05) is 0 Å². The summed E-state index contributed by atoms with van der Waals surface area (Å²) in [6.45, 7) is 1.04. The molecule has 6 nitrogen and oxygen atoms in total. The standard InChI is InChI=1S/C5H7NO5/c1-3(8)11-4(5(9)10)6-2-7/h2,4H,1H3,(H,6,7)(H,9,10). The van der Waals surface area contributed by atoms with E-state index in [2.05, 4.69) is 4.74 Å². The summed E-state index contributed by atoms with van der Waals surface area (Å²) in [5.74, 6) is -2.20. The highest BCUT2D eigenvalue weighted by atomic mass is 16.6. The van der Waals surface area contributed by atoms with Gasteiger partial charge >= 0.3 is 11.9 Å². The zero-order chi connectivity index (χ0) is 8.85. The number of hydrogen-bond acceptors (Lipinski definition) is 4. The van der Waals surface area contributed by atoms with E-state index in [0.29, 0.717) is 0 Å². The SMILES string of the molecule is CC(=O)OC(NC=O)C(=O)O. The van der Waals surface area contributed by atoms with E-state index in [1.807, 2.05) is 0 Å². The van der Waals surface area contributed by atoms with Gasteiger partial charge in [0.1, 0.15) is 0 Å². The van der Waals surface area contributed by atoms with Gasteiger partial charge in [0.25, 0.3) is 6.23 Å². The number of esters is 1. The molecule has 0 aliphatic carbocycles. The fourth-order valence-corrected chi connectivity index (χ4v) is 0.383. The quantitative estimate of drug-likeness (QED) is 0.304. The maximum absolute atomic E-state index is 10.2. The smallest absolute Gasteiger partial charge is 0.366 e. The molecule has 0 heterocycles. The van der Waals surface area contributed by atoms with Crippen molar-refractivity contribution in [3.05, 3.63) is 0 Å². The van der Waals surface area contributed by atoms with Gasteiger partial charge in [-0.05, 0) is 0 Å². The fourth-order valence-electron chi connectivity index (χ4n) is 0.383. The molecule has 0 radical (unpaired) electrons. The van der Waals surface area contributed by atoms with Crippen LogP contribution in [0.1, 0.15) is 6.92 Å². The minimum Gasteiger partial charge on any atom is -0.477 e. The van der Waals surface area contributed by atoms with Gasteiger partial charge in [-0.3, -0.25) is 9.59 Å². The van der Waals surface area contributed by atoms with E-state index >= 15 is 0 Å². The van der Waals surface area contributed by atoms with Crippen LogP contribution in [0.25, 0.3) is 0 Å². The van der Waals surface area contributed by atoms with E-state index in [0.717, 1.165) is 6.92 Å². The van der Waals surface area contributed by atoms with Crippen molar-refractivity contribution in [3.8, 4) is 0 Å². The second kappa shape index (κ2) is 4.26. The molecule has 0 saturated carbocycles. The third-order valence-electron chi connectivity index (χ3n) is 0.728. The van der Waals surface area contributed by atoms with Crippen LogP contribution in [0.4, 0.5) is 0 Å². The monoisotopic (exact) mass is 161 g/mol. The molecule has 1 unspecified atom stereocenters. The van der Waals surface area contributed by atoms with E-state index in [1.165, 1.54) is 0 Å². The van der Waals surface area contributed by atoms with Gasteiger partial charge in [-0.2, -0.15) is 0 Å². The average molecular weight is 161 g/mol. The Morgan fingerprint density at radius 3 is 2.45 bits per heavy atom. The third-order valence-corrected chi connectivity index (χ3v) is 0.728. The van der Waals surface area contributed by atoms with Gasteiger partial charge in [-0.15, -0.1) is 0 Å². The van der Waals surface area contributed by atoms with Crippen LogP contribution in [-0.2, 0) is 19.1 Å². The van der Waals surface area contributed by atoms with Crippen molar-refractivity contribution in [3.63, 3.8) is 0 Å². The van der Waals surface area contributed by atoms with Crippen LogP contribution < -0.4 is 5.32 Å². The molecule has 0 aromatic heterocycles. The third kappa shape index (κ3) is 3.90. The maximum atomic E-state index is 10.2. The van der Waals surface area contributed by atoms with Crippen molar-refractivity contribution < 1.29 is 24.2 Å². The van der Waals surface area contributed by atoms with Crippen LogP contribution >= 0.6 is 0 Å². The largest absolute Gasteiger partial charge is 0.477 e. The summed E-state index contributed by atoms with van der Waals surface area (Å²) in [6.07, 6.45) is -1.45. The topological polar surface area (TPSA) is 92.7 Å². The number of carboxylic acid groups (broad SMARTS) is 1. The summed E-state index contributed by atoms with van der Waals surface area (Å²) in [5.41, 5.74) is 0.